The van der Waals surface area contributed by atoms with Crippen LogP contribution in [0, 0.1) is 11.6 Å². The van der Waals surface area contributed by atoms with Gasteiger partial charge in [0.05, 0.1) is 19.2 Å². The number of aromatic nitrogens is 2. The van der Waals surface area contributed by atoms with Gasteiger partial charge in [0.15, 0.2) is 11.6 Å². The van der Waals surface area contributed by atoms with Crippen LogP contribution in [0.4, 0.5) is 14.6 Å². The van der Waals surface area contributed by atoms with Gasteiger partial charge in [-0.1, -0.05) is 12.1 Å². The third-order valence-corrected chi connectivity index (χ3v) is 4.04. The molecule has 23 heavy (non-hydrogen) atoms. The zero-order valence-corrected chi connectivity index (χ0v) is 12.0. The maximum absolute atomic E-state index is 13.6. The summed E-state index contributed by atoms with van der Waals surface area (Å²) in [7, 11) is 0. The van der Waals surface area contributed by atoms with Crippen LogP contribution in [0.1, 0.15) is 5.56 Å². The fourth-order valence-corrected chi connectivity index (χ4v) is 2.87. The van der Waals surface area contributed by atoms with Gasteiger partial charge in [-0.2, -0.15) is 4.98 Å². The van der Waals surface area contributed by atoms with Crippen molar-refractivity contribution < 1.29 is 18.3 Å². The molecule has 3 heterocycles. The predicted octanol–water partition coefficient (Wildman–Crippen LogP) is 1.28. The molecule has 1 unspecified atom stereocenters. The number of halogens is 2. The van der Waals surface area contributed by atoms with Gasteiger partial charge >= 0.3 is 5.69 Å². The van der Waals surface area contributed by atoms with Crippen molar-refractivity contribution in [3.8, 4) is 5.88 Å². The van der Waals surface area contributed by atoms with Crippen LogP contribution in [0.15, 0.2) is 29.1 Å². The molecule has 0 saturated carbocycles. The van der Waals surface area contributed by atoms with E-state index in [1.807, 2.05) is 4.90 Å². The number of anilines is 1. The molecule has 2 aliphatic heterocycles. The van der Waals surface area contributed by atoms with Gasteiger partial charge < -0.3 is 14.4 Å². The number of benzene rings is 1. The molecule has 0 bridgehead atoms. The first-order valence-corrected chi connectivity index (χ1v) is 7.15. The van der Waals surface area contributed by atoms with Crippen LogP contribution in [0.3, 0.4) is 0 Å². The molecule has 0 amide bonds. The Labute approximate surface area is 129 Å². The van der Waals surface area contributed by atoms with E-state index < -0.39 is 17.3 Å². The summed E-state index contributed by atoms with van der Waals surface area (Å²) in [4.78, 5) is 17.9. The SMILES string of the molecule is O=c1nc(OCc2cccc(F)c2F)cc2n1CC1COCN21. The van der Waals surface area contributed by atoms with Crippen molar-refractivity contribution in [2.75, 3.05) is 18.2 Å². The van der Waals surface area contributed by atoms with E-state index in [9.17, 15) is 13.6 Å². The number of ether oxygens (including phenoxy) is 2. The lowest BCUT2D eigenvalue weighted by molar-refractivity contribution is 0.189. The molecule has 2 aliphatic rings. The average Bonchev–Trinajstić information content (AvgIpc) is 3.11. The van der Waals surface area contributed by atoms with Crippen molar-refractivity contribution in [3.63, 3.8) is 0 Å². The molecule has 2 aromatic rings. The molecule has 1 fully saturated rings. The van der Waals surface area contributed by atoms with Gasteiger partial charge in [-0.3, -0.25) is 4.57 Å². The Balaban J connectivity index is 1.59. The molecule has 0 N–H and O–H groups in total. The van der Waals surface area contributed by atoms with Crippen LogP contribution >= 0.6 is 0 Å². The largest absolute Gasteiger partial charge is 0.472 e. The standard InChI is InChI=1S/C15H13F2N3O3/c16-11-3-1-2-9(14(11)17)6-23-12-4-13-19(15(21)18-12)5-10-7-22-8-20(10)13/h1-4,10H,5-8H2. The fourth-order valence-electron chi connectivity index (χ4n) is 2.87. The Morgan fingerprint density at radius 1 is 1.39 bits per heavy atom. The van der Waals surface area contributed by atoms with Crippen LogP contribution in [0.2, 0.25) is 0 Å². The summed E-state index contributed by atoms with van der Waals surface area (Å²) in [5.41, 5.74) is -0.360. The number of nitrogens with zero attached hydrogens (tertiary/aromatic N) is 3. The maximum Gasteiger partial charge on any atom is 0.352 e. The quantitative estimate of drug-likeness (QED) is 0.852. The number of rotatable bonds is 3. The Bertz CT molecular complexity index is 824. The van der Waals surface area contributed by atoms with E-state index in [-0.39, 0.29) is 24.1 Å². The fraction of sp³-hybridized carbons (Fsp3) is 0.333. The first-order chi connectivity index (χ1) is 11.1. The van der Waals surface area contributed by atoms with Gasteiger partial charge in [-0.15, -0.1) is 0 Å². The van der Waals surface area contributed by atoms with Crippen molar-refractivity contribution in [2.45, 2.75) is 19.2 Å². The Hall–Kier alpha value is -2.48. The molecule has 0 radical (unpaired) electrons. The highest BCUT2D eigenvalue weighted by Crippen LogP contribution is 2.29. The second-order valence-electron chi connectivity index (χ2n) is 5.47. The predicted molar refractivity (Wildman–Crippen MR) is 76.3 cm³/mol. The Morgan fingerprint density at radius 3 is 3.13 bits per heavy atom. The number of fused-ring (bicyclic) bond motifs is 3. The van der Waals surface area contributed by atoms with Gasteiger partial charge in [-0.05, 0) is 6.07 Å². The third kappa shape index (κ3) is 2.35. The van der Waals surface area contributed by atoms with E-state index in [0.29, 0.717) is 25.7 Å². The molecular weight excluding hydrogens is 308 g/mol. The van der Waals surface area contributed by atoms with E-state index in [1.54, 1.807) is 10.6 Å². The summed E-state index contributed by atoms with van der Waals surface area (Å²) in [5.74, 6) is -1.15. The highest BCUT2D eigenvalue weighted by atomic mass is 19.2. The average molecular weight is 321 g/mol. The van der Waals surface area contributed by atoms with Gasteiger partial charge in [-0.25, -0.2) is 13.6 Å². The second kappa shape index (κ2) is 5.31. The molecule has 0 aliphatic carbocycles. The highest BCUT2D eigenvalue weighted by Gasteiger charge is 2.35. The first kappa shape index (κ1) is 14.1. The summed E-state index contributed by atoms with van der Waals surface area (Å²) < 4.78 is 39.1. The zero-order chi connectivity index (χ0) is 16.0. The normalized spacial score (nSPS) is 18.9. The Morgan fingerprint density at radius 2 is 2.26 bits per heavy atom. The van der Waals surface area contributed by atoms with Crippen LogP contribution in [0.25, 0.3) is 0 Å². The second-order valence-corrected chi connectivity index (χ2v) is 5.47. The molecule has 1 aromatic heterocycles. The number of hydrogen-bond donors (Lipinski definition) is 0. The molecule has 1 aromatic carbocycles. The van der Waals surface area contributed by atoms with Crippen LogP contribution in [-0.4, -0.2) is 28.9 Å². The molecule has 6 nitrogen and oxygen atoms in total. The lowest BCUT2D eigenvalue weighted by Crippen LogP contribution is -2.26. The van der Waals surface area contributed by atoms with Gasteiger partial charge in [0.25, 0.3) is 0 Å². The lowest BCUT2D eigenvalue weighted by atomic mass is 10.2. The van der Waals surface area contributed by atoms with Crippen molar-refractivity contribution in [3.05, 3.63) is 51.9 Å². The summed E-state index contributed by atoms with van der Waals surface area (Å²) in [5, 5.41) is 0. The molecule has 0 spiro atoms. The van der Waals surface area contributed by atoms with E-state index >= 15 is 0 Å². The maximum atomic E-state index is 13.6. The third-order valence-electron chi connectivity index (χ3n) is 4.04. The molecule has 8 heteroatoms. The molecule has 1 atom stereocenters. The van der Waals surface area contributed by atoms with Crippen LogP contribution in [0.5, 0.6) is 5.88 Å². The van der Waals surface area contributed by atoms with Crippen LogP contribution in [-0.2, 0) is 17.9 Å². The van der Waals surface area contributed by atoms with E-state index in [0.717, 1.165) is 6.07 Å². The minimum atomic E-state index is -0.960. The zero-order valence-electron chi connectivity index (χ0n) is 12.0. The van der Waals surface area contributed by atoms with Gasteiger partial charge in [0.2, 0.25) is 5.88 Å². The summed E-state index contributed by atoms with van der Waals surface area (Å²) >= 11 is 0. The smallest absolute Gasteiger partial charge is 0.352 e. The molecule has 120 valence electrons. The molecule has 4 rings (SSSR count). The van der Waals surface area contributed by atoms with E-state index in [2.05, 4.69) is 4.98 Å². The van der Waals surface area contributed by atoms with Crippen molar-refractivity contribution >= 4 is 5.82 Å². The van der Waals surface area contributed by atoms with E-state index in [4.69, 9.17) is 9.47 Å². The first-order valence-electron chi connectivity index (χ1n) is 7.15. The number of hydrogen-bond acceptors (Lipinski definition) is 5. The topological polar surface area (TPSA) is 56.6 Å². The van der Waals surface area contributed by atoms with Crippen molar-refractivity contribution in [1.29, 1.82) is 0 Å². The van der Waals surface area contributed by atoms with Gasteiger partial charge in [0.1, 0.15) is 19.2 Å². The van der Waals surface area contributed by atoms with Crippen molar-refractivity contribution in [1.82, 2.24) is 9.55 Å². The van der Waals surface area contributed by atoms with E-state index in [1.165, 1.54) is 12.1 Å². The minimum absolute atomic E-state index is 0.0646. The molecule has 1 saturated heterocycles. The minimum Gasteiger partial charge on any atom is -0.472 e. The monoisotopic (exact) mass is 321 g/mol. The Kier molecular flexibility index (Phi) is 3.26. The van der Waals surface area contributed by atoms with Gasteiger partial charge in [0, 0.05) is 11.6 Å². The lowest BCUT2D eigenvalue weighted by Gasteiger charge is -2.15. The summed E-state index contributed by atoms with van der Waals surface area (Å²) in [6, 6.07) is 5.59. The molecular formula is C15H13F2N3O3. The van der Waals surface area contributed by atoms with Crippen LogP contribution < -0.4 is 15.3 Å². The highest BCUT2D eigenvalue weighted by molar-refractivity contribution is 5.47. The van der Waals surface area contributed by atoms with Crippen molar-refractivity contribution in [2.24, 2.45) is 0 Å². The summed E-state index contributed by atoms with van der Waals surface area (Å²) in [6.07, 6.45) is 0. The summed E-state index contributed by atoms with van der Waals surface area (Å²) in [6.45, 7) is 1.29.